The molecule has 0 saturated carbocycles. The molecule has 3 aromatic heterocycles. The summed E-state index contributed by atoms with van der Waals surface area (Å²) < 4.78 is 1.75. The van der Waals surface area contributed by atoms with E-state index in [9.17, 15) is 0 Å². The molecule has 0 fully saturated rings. The zero-order valence-corrected chi connectivity index (χ0v) is 9.74. The minimum Gasteiger partial charge on any atom is -0.376 e. The zero-order valence-electron chi connectivity index (χ0n) is 9.74. The standard InChI is InChI=1S/C13H13N5/c1-4-11(14-6-1)10-16-12-5-2-7-15-13(12)18-9-3-8-17-18/h1-9,14,16H,10H2. The second kappa shape index (κ2) is 4.75. The predicted octanol–water partition coefficient (Wildman–Crippen LogP) is 2.21. The van der Waals surface area contributed by atoms with Gasteiger partial charge in [0.2, 0.25) is 0 Å². The van der Waals surface area contributed by atoms with E-state index in [1.54, 1.807) is 17.1 Å². The Labute approximate surface area is 104 Å². The van der Waals surface area contributed by atoms with Gasteiger partial charge in [0.05, 0.1) is 12.2 Å². The molecule has 90 valence electrons. The van der Waals surface area contributed by atoms with E-state index in [1.807, 2.05) is 42.7 Å². The fourth-order valence-electron chi connectivity index (χ4n) is 1.78. The normalized spacial score (nSPS) is 10.4. The maximum atomic E-state index is 4.35. The lowest BCUT2D eigenvalue weighted by Crippen LogP contribution is -2.06. The smallest absolute Gasteiger partial charge is 0.176 e. The number of hydrogen-bond donors (Lipinski definition) is 2. The van der Waals surface area contributed by atoms with Gasteiger partial charge in [0.15, 0.2) is 5.82 Å². The molecule has 0 saturated heterocycles. The van der Waals surface area contributed by atoms with Gasteiger partial charge in [-0.15, -0.1) is 0 Å². The van der Waals surface area contributed by atoms with Crippen LogP contribution in [0.1, 0.15) is 5.69 Å². The van der Waals surface area contributed by atoms with Crippen LogP contribution in [0.25, 0.3) is 5.82 Å². The number of pyridine rings is 1. The maximum absolute atomic E-state index is 4.35. The third kappa shape index (κ3) is 2.10. The average molecular weight is 239 g/mol. The molecule has 0 aliphatic rings. The molecule has 3 rings (SSSR count). The van der Waals surface area contributed by atoms with Gasteiger partial charge in [0.25, 0.3) is 0 Å². The van der Waals surface area contributed by atoms with Gasteiger partial charge in [0, 0.05) is 30.5 Å². The lowest BCUT2D eigenvalue weighted by atomic mass is 10.3. The summed E-state index contributed by atoms with van der Waals surface area (Å²) in [5, 5.41) is 7.55. The van der Waals surface area contributed by atoms with Gasteiger partial charge in [-0.25, -0.2) is 9.67 Å². The van der Waals surface area contributed by atoms with Gasteiger partial charge >= 0.3 is 0 Å². The van der Waals surface area contributed by atoms with Crippen LogP contribution in [-0.4, -0.2) is 19.7 Å². The van der Waals surface area contributed by atoms with Crippen LogP contribution in [-0.2, 0) is 6.54 Å². The summed E-state index contributed by atoms with van der Waals surface area (Å²) in [6.07, 6.45) is 7.29. The van der Waals surface area contributed by atoms with E-state index < -0.39 is 0 Å². The fourth-order valence-corrected chi connectivity index (χ4v) is 1.78. The van der Waals surface area contributed by atoms with Crippen molar-refractivity contribution in [1.29, 1.82) is 0 Å². The first kappa shape index (κ1) is 10.6. The molecule has 2 N–H and O–H groups in total. The number of rotatable bonds is 4. The van der Waals surface area contributed by atoms with Gasteiger partial charge in [-0.05, 0) is 30.3 Å². The van der Waals surface area contributed by atoms with Crippen LogP contribution in [0.3, 0.4) is 0 Å². The average Bonchev–Trinajstić information content (AvgIpc) is 3.10. The van der Waals surface area contributed by atoms with Crippen LogP contribution in [0.2, 0.25) is 0 Å². The van der Waals surface area contributed by atoms with Crippen LogP contribution >= 0.6 is 0 Å². The maximum Gasteiger partial charge on any atom is 0.176 e. The van der Waals surface area contributed by atoms with E-state index in [-0.39, 0.29) is 0 Å². The van der Waals surface area contributed by atoms with E-state index in [2.05, 4.69) is 20.4 Å². The molecule has 5 nitrogen and oxygen atoms in total. The topological polar surface area (TPSA) is 58.5 Å². The largest absolute Gasteiger partial charge is 0.376 e. The Balaban J connectivity index is 1.84. The Hall–Kier alpha value is -2.56. The molecule has 3 aromatic rings. The molecule has 0 spiro atoms. The molecular formula is C13H13N5. The van der Waals surface area contributed by atoms with Crippen LogP contribution in [0.4, 0.5) is 5.69 Å². The lowest BCUT2D eigenvalue weighted by Gasteiger charge is -2.10. The minimum atomic E-state index is 0.729. The summed E-state index contributed by atoms with van der Waals surface area (Å²) in [5.74, 6) is 0.800. The predicted molar refractivity (Wildman–Crippen MR) is 69.5 cm³/mol. The fraction of sp³-hybridized carbons (Fsp3) is 0.0769. The van der Waals surface area contributed by atoms with Crippen molar-refractivity contribution in [2.75, 3.05) is 5.32 Å². The van der Waals surface area contributed by atoms with E-state index >= 15 is 0 Å². The number of anilines is 1. The first-order valence-corrected chi connectivity index (χ1v) is 5.74. The number of nitrogens with one attached hydrogen (secondary N) is 2. The lowest BCUT2D eigenvalue weighted by molar-refractivity contribution is 0.845. The number of H-pyrrole nitrogens is 1. The van der Waals surface area contributed by atoms with Crippen molar-refractivity contribution in [1.82, 2.24) is 19.7 Å². The molecule has 0 aromatic carbocycles. The molecule has 0 radical (unpaired) electrons. The van der Waals surface area contributed by atoms with Crippen molar-refractivity contribution in [3.8, 4) is 5.82 Å². The summed E-state index contributed by atoms with van der Waals surface area (Å²) >= 11 is 0. The molecule has 0 unspecified atom stereocenters. The summed E-state index contributed by atoms with van der Waals surface area (Å²) in [6.45, 7) is 0.729. The van der Waals surface area contributed by atoms with Crippen LogP contribution < -0.4 is 5.32 Å². The first-order chi connectivity index (χ1) is 8.93. The van der Waals surface area contributed by atoms with Crippen molar-refractivity contribution in [2.45, 2.75) is 6.54 Å². The molecule has 0 bridgehead atoms. The highest BCUT2D eigenvalue weighted by Gasteiger charge is 2.05. The van der Waals surface area contributed by atoms with E-state index in [1.165, 1.54) is 0 Å². The highest BCUT2D eigenvalue weighted by Crippen LogP contribution is 2.16. The molecule has 3 heterocycles. The van der Waals surface area contributed by atoms with Crippen LogP contribution in [0.5, 0.6) is 0 Å². The van der Waals surface area contributed by atoms with Crippen molar-refractivity contribution in [2.24, 2.45) is 0 Å². The van der Waals surface area contributed by atoms with Gasteiger partial charge in [-0.2, -0.15) is 5.10 Å². The Morgan fingerprint density at radius 1 is 1.17 bits per heavy atom. The number of hydrogen-bond acceptors (Lipinski definition) is 3. The number of aromatic nitrogens is 4. The quantitative estimate of drug-likeness (QED) is 0.733. The zero-order chi connectivity index (χ0) is 12.2. The molecule has 18 heavy (non-hydrogen) atoms. The van der Waals surface area contributed by atoms with Crippen molar-refractivity contribution in [3.63, 3.8) is 0 Å². The van der Waals surface area contributed by atoms with Gasteiger partial charge in [-0.3, -0.25) is 0 Å². The van der Waals surface area contributed by atoms with Crippen molar-refractivity contribution < 1.29 is 0 Å². The number of nitrogens with zero attached hydrogens (tertiary/aromatic N) is 3. The second-order valence-corrected chi connectivity index (χ2v) is 3.87. The van der Waals surface area contributed by atoms with Crippen molar-refractivity contribution >= 4 is 5.69 Å². The van der Waals surface area contributed by atoms with E-state index in [0.717, 1.165) is 23.7 Å². The molecule has 0 amide bonds. The third-order valence-electron chi connectivity index (χ3n) is 2.64. The van der Waals surface area contributed by atoms with E-state index in [4.69, 9.17) is 0 Å². The van der Waals surface area contributed by atoms with Crippen LogP contribution in [0, 0.1) is 0 Å². The molecular weight excluding hydrogens is 226 g/mol. The van der Waals surface area contributed by atoms with Crippen molar-refractivity contribution in [3.05, 3.63) is 60.8 Å². The van der Waals surface area contributed by atoms with E-state index in [0.29, 0.717) is 0 Å². The van der Waals surface area contributed by atoms with Gasteiger partial charge in [0.1, 0.15) is 0 Å². The summed E-state index contributed by atoms with van der Waals surface area (Å²) in [4.78, 5) is 7.51. The Morgan fingerprint density at radius 2 is 2.17 bits per heavy atom. The van der Waals surface area contributed by atoms with Gasteiger partial charge in [-0.1, -0.05) is 0 Å². The summed E-state index contributed by atoms with van der Waals surface area (Å²) in [5.41, 5.74) is 2.08. The highest BCUT2D eigenvalue weighted by atomic mass is 15.3. The van der Waals surface area contributed by atoms with Crippen LogP contribution in [0.15, 0.2) is 55.1 Å². The molecule has 0 aliphatic heterocycles. The Bertz CT molecular complexity index is 598. The SMILES string of the molecule is c1c[nH]c(CNc2cccnc2-n2cccn2)c1. The minimum absolute atomic E-state index is 0.729. The highest BCUT2D eigenvalue weighted by molar-refractivity contribution is 5.56. The Kier molecular flexibility index (Phi) is 2.79. The monoisotopic (exact) mass is 239 g/mol. The Morgan fingerprint density at radius 3 is 2.94 bits per heavy atom. The third-order valence-corrected chi connectivity index (χ3v) is 2.64. The molecule has 5 heteroatoms. The first-order valence-electron chi connectivity index (χ1n) is 5.74. The summed E-state index contributed by atoms with van der Waals surface area (Å²) in [7, 11) is 0. The summed E-state index contributed by atoms with van der Waals surface area (Å²) in [6, 6.07) is 9.80. The number of aromatic amines is 1. The van der Waals surface area contributed by atoms with Gasteiger partial charge < -0.3 is 10.3 Å². The second-order valence-electron chi connectivity index (χ2n) is 3.87. The molecule has 0 aliphatic carbocycles. The molecule has 0 atom stereocenters.